The Bertz CT molecular complexity index is 735. The van der Waals surface area contributed by atoms with Gasteiger partial charge in [-0.25, -0.2) is 9.18 Å². The van der Waals surface area contributed by atoms with Crippen molar-refractivity contribution >= 4 is 23.6 Å². The molecule has 0 aliphatic carbocycles. The largest absolute Gasteiger partial charge is 0.466 e. The molecule has 1 unspecified atom stereocenters. The summed E-state index contributed by atoms with van der Waals surface area (Å²) >= 11 is 0. The highest BCUT2D eigenvalue weighted by molar-refractivity contribution is 5.90. The van der Waals surface area contributed by atoms with Gasteiger partial charge in [0.15, 0.2) is 0 Å². The zero-order valence-electron chi connectivity index (χ0n) is 18.0. The normalized spacial score (nSPS) is 15.4. The second-order valence-corrected chi connectivity index (χ2v) is 7.52. The molecular weight excluding hydrogens is 389 g/mol. The summed E-state index contributed by atoms with van der Waals surface area (Å²) in [5, 5.41) is 2.59. The Balaban J connectivity index is 1.90. The fourth-order valence-corrected chi connectivity index (χ4v) is 3.49. The summed E-state index contributed by atoms with van der Waals surface area (Å²) < 4.78 is 18.9. The number of halogens is 1. The third-order valence-electron chi connectivity index (χ3n) is 5.53. The Labute approximate surface area is 177 Å². The van der Waals surface area contributed by atoms with Crippen molar-refractivity contribution in [2.45, 2.75) is 52.5 Å². The predicted octanol–water partition coefficient (Wildman–Crippen LogP) is 3.65. The quantitative estimate of drug-likeness (QED) is 0.650. The maximum Gasteiger partial charge on any atom is 0.322 e. The fraction of sp³-hybridized carbons (Fsp3) is 0.591. The van der Waals surface area contributed by atoms with Gasteiger partial charge in [0.2, 0.25) is 5.91 Å². The fourth-order valence-electron chi connectivity index (χ4n) is 3.49. The zero-order valence-corrected chi connectivity index (χ0v) is 18.0. The number of carbonyl (C=O) groups excluding carboxylic acids is 3. The minimum atomic E-state index is -0.504. The van der Waals surface area contributed by atoms with Gasteiger partial charge in [0, 0.05) is 32.1 Å². The molecule has 1 heterocycles. The molecule has 8 heteroatoms. The Morgan fingerprint density at radius 3 is 2.50 bits per heavy atom. The molecule has 7 nitrogen and oxygen atoms in total. The Hall–Kier alpha value is -2.64. The van der Waals surface area contributed by atoms with Crippen molar-refractivity contribution in [2.24, 2.45) is 5.92 Å². The van der Waals surface area contributed by atoms with E-state index in [0.29, 0.717) is 39.0 Å². The number of benzene rings is 1. The summed E-state index contributed by atoms with van der Waals surface area (Å²) in [6, 6.07) is 5.46. The van der Waals surface area contributed by atoms with Gasteiger partial charge in [0.25, 0.3) is 0 Å². The predicted molar refractivity (Wildman–Crippen MR) is 112 cm³/mol. The van der Waals surface area contributed by atoms with E-state index in [9.17, 15) is 18.8 Å². The lowest BCUT2D eigenvalue weighted by Crippen LogP contribution is -2.45. The van der Waals surface area contributed by atoms with E-state index in [4.69, 9.17) is 4.74 Å². The summed E-state index contributed by atoms with van der Waals surface area (Å²) in [5.74, 6) is -0.908. The highest BCUT2D eigenvalue weighted by atomic mass is 19.1. The summed E-state index contributed by atoms with van der Waals surface area (Å²) in [6.07, 6.45) is 2.07. The van der Waals surface area contributed by atoms with Crippen LogP contribution in [0.4, 0.5) is 14.9 Å². The van der Waals surface area contributed by atoms with Crippen LogP contribution < -0.4 is 5.32 Å². The van der Waals surface area contributed by atoms with Crippen LogP contribution in [0, 0.1) is 11.7 Å². The van der Waals surface area contributed by atoms with Gasteiger partial charge in [-0.05, 0) is 45.2 Å². The minimum absolute atomic E-state index is 0.0516. The maximum atomic E-state index is 13.9. The van der Waals surface area contributed by atoms with Gasteiger partial charge in [-0.1, -0.05) is 19.1 Å². The molecule has 0 bridgehead atoms. The molecular formula is C22H32FN3O4. The lowest BCUT2D eigenvalue weighted by atomic mass is 9.97. The van der Waals surface area contributed by atoms with E-state index >= 15 is 0 Å². The number of urea groups is 1. The van der Waals surface area contributed by atoms with Gasteiger partial charge in [0.05, 0.1) is 18.2 Å². The Morgan fingerprint density at radius 2 is 1.90 bits per heavy atom. The number of nitrogens with one attached hydrogen (secondary N) is 1. The number of amides is 3. The third-order valence-corrected chi connectivity index (χ3v) is 5.53. The lowest BCUT2D eigenvalue weighted by molar-refractivity contribution is -0.151. The highest BCUT2D eigenvalue weighted by Crippen LogP contribution is 2.20. The van der Waals surface area contributed by atoms with Crippen molar-refractivity contribution in [2.75, 3.05) is 31.6 Å². The van der Waals surface area contributed by atoms with E-state index in [1.807, 2.05) is 13.8 Å². The van der Waals surface area contributed by atoms with Crippen LogP contribution in [0.2, 0.25) is 0 Å². The van der Waals surface area contributed by atoms with Crippen molar-refractivity contribution in [3.8, 4) is 0 Å². The molecule has 2 rings (SSSR count). The van der Waals surface area contributed by atoms with Crippen LogP contribution in [-0.2, 0) is 14.3 Å². The van der Waals surface area contributed by atoms with E-state index in [1.54, 1.807) is 28.9 Å². The number of rotatable bonds is 8. The van der Waals surface area contributed by atoms with Crippen molar-refractivity contribution < 1.29 is 23.5 Å². The molecule has 0 spiro atoms. The molecule has 30 heavy (non-hydrogen) atoms. The summed E-state index contributed by atoms with van der Waals surface area (Å²) in [5.41, 5.74) is 0.114. The number of carbonyl (C=O) groups is 3. The van der Waals surface area contributed by atoms with Crippen LogP contribution in [0.1, 0.15) is 46.5 Å². The van der Waals surface area contributed by atoms with Crippen LogP contribution >= 0.6 is 0 Å². The molecule has 166 valence electrons. The smallest absolute Gasteiger partial charge is 0.322 e. The van der Waals surface area contributed by atoms with Crippen LogP contribution in [0.3, 0.4) is 0 Å². The molecule has 1 atom stereocenters. The Kier molecular flexibility index (Phi) is 9.08. The van der Waals surface area contributed by atoms with Crippen molar-refractivity contribution in [3.05, 3.63) is 30.1 Å². The number of para-hydroxylation sites is 1. The SMILES string of the molecule is CCOC(=O)C1CCN(C(=O)CCN(C(=O)Nc2ccccc2F)C(C)CC)CC1. The summed E-state index contributed by atoms with van der Waals surface area (Å²) in [4.78, 5) is 40.5. The first-order valence-corrected chi connectivity index (χ1v) is 10.6. The molecule has 0 aromatic heterocycles. The number of hydrogen-bond donors (Lipinski definition) is 1. The molecule has 1 saturated heterocycles. The molecule has 0 saturated carbocycles. The van der Waals surface area contributed by atoms with Gasteiger partial charge in [0.1, 0.15) is 5.82 Å². The number of esters is 1. The monoisotopic (exact) mass is 421 g/mol. The van der Waals surface area contributed by atoms with Gasteiger partial charge in [-0.2, -0.15) is 0 Å². The number of hydrogen-bond acceptors (Lipinski definition) is 4. The van der Waals surface area contributed by atoms with E-state index in [2.05, 4.69) is 5.32 Å². The third kappa shape index (κ3) is 6.43. The maximum absolute atomic E-state index is 13.9. The van der Waals surface area contributed by atoms with E-state index < -0.39 is 11.8 Å². The van der Waals surface area contributed by atoms with Crippen molar-refractivity contribution in [1.82, 2.24) is 9.80 Å². The van der Waals surface area contributed by atoms with Crippen molar-refractivity contribution in [1.29, 1.82) is 0 Å². The average Bonchev–Trinajstić information content (AvgIpc) is 2.75. The van der Waals surface area contributed by atoms with Crippen LogP contribution in [0.5, 0.6) is 0 Å². The van der Waals surface area contributed by atoms with Crippen LogP contribution in [0.25, 0.3) is 0 Å². The van der Waals surface area contributed by atoms with Crippen LogP contribution in [-0.4, -0.2) is 60.0 Å². The van der Waals surface area contributed by atoms with Gasteiger partial charge in [-0.3, -0.25) is 9.59 Å². The lowest BCUT2D eigenvalue weighted by Gasteiger charge is -2.33. The number of nitrogens with zero attached hydrogens (tertiary/aromatic N) is 2. The van der Waals surface area contributed by atoms with E-state index in [0.717, 1.165) is 0 Å². The van der Waals surface area contributed by atoms with Gasteiger partial charge in [-0.15, -0.1) is 0 Å². The summed E-state index contributed by atoms with van der Waals surface area (Å²) in [6.45, 7) is 7.25. The second kappa shape index (κ2) is 11.5. The standard InChI is InChI=1S/C22H32FN3O4/c1-4-16(3)26(22(29)24-19-9-7-6-8-18(19)23)15-12-20(27)25-13-10-17(11-14-25)21(28)30-5-2/h6-9,16-17H,4-5,10-15H2,1-3H3,(H,24,29). The molecule has 1 aromatic carbocycles. The number of anilines is 1. The second-order valence-electron chi connectivity index (χ2n) is 7.52. The number of likely N-dealkylation sites (tertiary alicyclic amines) is 1. The van der Waals surface area contributed by atoms with Crippen LogP contribution in [0.15, 0.2) is 24.3 Å². The Morgan fingerprint density at radius 1 is 1.23 bits per heavy atom. The molecule has 0 radical (unpaired) electrons. The first kappa shape index (κ1) is 23.6. The van der Waals surface area contributed by atoms with E-state index in [1.165, 1.54) is 12.1 Å². The first-order chi connectivity index (χ1) is 14.4. The molecule has 1 aliphatic heterocycles. The van der Waals surface area contributed by atoms with Gasteiger partial charge < -0.3 is 19.9 Å². The average molecular weight is 422 g/mol. The first-order valence-electron chi connectivity index (χ1n) is 10.6. The van der Waals surface area contributed by atoms with E-state index in [-0.39, 0.29) is 42.5 Å². The number of ether oxygens (including phenoxy) is 1. The molecule has 1 aromatic rings. The number of piperidine rings is 1. The summed E-state index contributed by atoms with van der Waals surface area (Å²) in [7, 11) is 0. The van der Waals surface area contributed by atoms with Crippen molar-refractivity contribution in [3.63, 3.8) is 0 Å². The molecule has 1 aliphatic rings. The topological polar surface area (TPSA) is 79.0 Å². The molecule has 1 N–H and O–H groups in total. The zero-order chi connectivity index (χ0) is 22.1. The molecule has 3 amide bonds. The van der Waals surface area contributed by atoms with Gasteiger partial charge >= 0.3 is 12.0 Å². The highest BCUT2D eigenvalue weighted by Gasteiger charge is 2.29. The minimum Gasteiger partial charge on any atom is -0.466 e. The molecule has 1 fully saturated rings.